The normalized spacial score (nSPS) is 20.3. The van der Waals surface area contributed by atoms with Crippen molar-refractivity contribution in [2.24, 2.45) is 5.41 Å². The molecule has 0 fully saturated rings. The fraction of sp³-hybridized carbons (Fsp3) is 0.368. The molecule has 0 radical (unpaired) electrons. The lowest BCUT2D eigenvalue weighted by molar-refractivity contribution is 0.354. The molecule has 0 N–H and O–H groups in total. The minimum Gasteiger partial charge on any atom is -0.192 e. The molecule has 1 heterocycles. The molecule has 1 aliphatic heterocycles. The Balaban J connectivity index is 2.21. The van der Waals surface area contributed by atoms with Crippen molar-refractivity contribution in [1.82, 2.24) is 0 Å². The second kappa shape index (κ2) is 7.30. The Kier molecular flexibility index (Phi) is 5.63. The lowest BCUT2D eigenvalue weighted by atomic mass is 9.74. The van der Waals surface area contributed by atoms with Crippen LogP contribution >= 0.6 is 23.5 Å². The molecule has 0 spiro atoms. The number of hydrogen-bond donors (Lipinski definition) is 0. The molecular weight excluding hydrogens is 320 g/mol. The first-order valence-corrected chi connectivity index (χ1v) is 9.13. The molecule has 2 aliphatic rings. The van der Waals surface area contributed by atoms with Gasteiger partial charge in [-0.15, -0.1) is 0 Å². The molecule has 0 unspecified atom stereocenters. The number of nitrogens with zero attached hydrogens (tertiary/aromatic N) is 2. The number of thioether (sulfide) groups is 2. The third-order valence-corrected chi connectivity index (χ3v) is 6.33. The summed E-state index contributed by atoms with van der Waals surface area (Å²) in [6.45, 7) is 8.65. The van der Waals surface area contributed by atoms with E-state index in [4.69, 9.17) is 10.5 Å². The first-order valence-electron chi connectivity index (χ1n) is 7.50. The van der Waals surface area contributed by atoms with Gasteiger partial charge in [-0.2, -0.15) is 10.5 Å². The molecule has 2 nitrogen and oxygen atoms in total. The standard InChI is InChI=1S/C19H20N2S2/c1-13-14(2)23-18(22-13)7-5-6-15-8-16(17(11-20)12-21)10-19(3,4)9-15/h5-8H,9-10H2,1-4H3/b6-5+. The molecule has 0 bridgehead atoms. The molecule has 118 valence electrons. The highest BCUT2D eigenvalue weighted by Crippen LogP contribution is 2.48. The van der Waals surface area contributed by atoms with Gasteiger partial charge in [-0.3, -0.25) is 0 Å². The Morgan fingerprint density at radius 2 is 1.74 bits per heavy atom. The number of hydrogen-bond acceptors (Lipinski definition) is 4. The fourth-order valence-electron chi connectivity index (χ4n) is 2.68. The maximum Gasteiger partial charge on any atom is 0.132 e. The van der Waals surface area contributed by atoms with E-state index in [1.807, 2.05) is 41.7 Å². The Labute approximate surface area is 147 Å². The predicted octanol–water partition coefficient (Wildman–Crippen LogP) is 6.21. The third kappa shape index (κ3) is 4.67. The molecular formula is C19H20N2S2. The zero-order valence-electron chi connectivity index (χ0n) is 13.9. The van der Waals surface area contributed by atoms with Crippen molar-refractivity contribution < 1.29 is 0 Å². The van der Waals surface area contributed by atoms with Gasteiger partial charge in [0.2, 0.25) is 0 Å². The minimum atomic E-state index is 0.0709. The SMILES string of the molecule is CC1=C(C)SC(=C/C=C/C2=CC(=C(C#N)C#N)CC(C)(C)C2)S1. The van der Waals surface area contributed by atoms with Crippen LogP contribution < -0.4 is 0 Å². The Hall–Kier alpha value is -1.62. The zero-order chi connectivity index (χ0) is 17.0. The summed E-state index contributed by atoms with van der Waals surface area (Å²) in [4.78, 5) is 2.73. The van der Waals surface area contributed by atoms with Crippen LogP contribution in [-0.2, 0) is 0 Å². The van der Waals surface area contributed by atoms with Crippen LogP contribution in [0.15, 0.2) is 55.1 Å². The molecule has 2 rings (SSSR count). The van der Waals surface area contributed by atoms with Gasteiger partial charge in [0.1, 0.15) is 17.7 Å². The van der Waals surface area contributed by atoms with Gasteiger partial charge in [0.05, 0.1) is 0 Å². The van der Waals surface area contributed by atoms with E-state index in [0.29, 0.717) is 0 Å². The van der Waals surface area contributed by atoms with E-state index in [2.05, 4.69) is 45.9 Å². The largest absolute Gasteiger partial charge is 0.192 e. The van der Waals surface area contributed by atoms with E-state index in [0.717, 1.165) is 18.4 Å². The summed E-state index contributed by atoms with van der Waals surface area (Å²) in [5, 5.41) is 18.2. The molecule has 0 atom stereocenters. The summed E-state index contributed by atoms with van der Waals surface area (Å²) in [7, 11) is 0. The lowest BCUT2D eigenvalue weighted by Crippen LogP contribution is -2.17. The first-order chi connectivity index (χ1) is 10.8. The van der Waals surface area contributed by atoms with Gasteiger partial charge in [0.25, 0.3) is 0 Å². The zero-order valence-corrected chi connectivity index (χ0v) is 15.6. The van der Waals surface area contributed by atoms with Gasteiger partial charge in [0, 0.05) is 4.24 Å². The molecule has 1 aliphatic carbocycles. The van der Waals surface area contributed by atoms with Crippen molar-refractivity contribution in [2.45, 2.75) is 40.5 Å². The summed E-state index contributed by atoms with van der Waals surface area (Å²) in [6, 6.07) is 4.03. The second-order valence-corrected chi connectivity index (χ2v) is 9.29. The maximum absolute atomic E-state index is 9.11. The van der Waals surface area contributed by atoms with Gasteiger partial charge >= 0.3 is 0 Å². The average Bonchev–Trinajstić information content (AvgIpc) is 2.77. The number of rotatable bonds is 2. The van der Waals surface area contributed by atoms with E-state index < -0.39 is 0 Å². The molecule has 0 saturated carbocycles. The number of nitriles is 2. The highest BCUT2D eigenvalue weighted by molar-refractivity contribution is 8.28. The fourth-order valence-corrected chi connectivity index (χ4v) is 5.03. The van der Waals surface area contributed by atoms with Crippen molar-refractivity contribution in [2.75, 3.05) is 0 Å². The quantitative estimate of drug-likeness (QED) is 0.561. The van der Waals surface area contributed by atoms with E-state index in [9.17, 15) is 0 Å². The van der Waals surface area contributed by atoms with Crippen LogP contribution in [0.25, 0.3) is 0 Å². The average molecular weight is 341 g/mol. The van der Waals surface area contributed by atoms with Gasteiger partial charge < -0.3 is 0 Å². The van der Waals surface area contributed by atoms with Gasteiger partial charge in [-0.05, 0) is 59.1 Å². The molecule has 0 aromatic heterocycles. The lowest BCUT2D eigenvalue weighted by Gasteiger charge is -2.30. The topological polar surface area (TPSA) is 47.6 Å². The summed E-state index contributed by atoms with van der Waals surface area (Å²) in [5.41, 5.74) is 2.34. The van der Waals surface area contributed by atoms with Gasteiger partial charge in [-0.1, -0.05) is 55.6 Å². The van der Waals surface area contributed by atoms with Crippen LogP contribution in [0.5, 0.6) is 0 Å². The van der Waals surface area contributed by atoms with Crippen molar-refractivity contribution in [3.8, 4) is 12.1 Å². The summed E-state index contributed by atoms with van der Waals surface area (Å²) < 4.78 is 1.29. The smallest absolute Gasteiger partial charge is 0.132 e. The highest BCUT2D eigenvalue weighted by atomic mass is 32.2. The molecule has 0 aromatic carbocycles. The van der Waals surface area contributed by atoms with Crippen molar-refractivity contribution in [3.63, 3.8) is 0 Å². The molecule has 0 saturated heterocycles. The van der Waals surface area contributed by atoms with E-state index in [1.54, 1.807) is 0 Å². The van der Waals surface area contributed by atoms with Gasteiger partial charge in [-0.25, -0.2) is 0 Å². The van der Waals surface area contributed by atoms with E-state index >= 15 is 0 Å². The Bertz CT molecular complexity index is 715. The van der Waals surface area contributed by atoms with Crippen molar-refractivity contribution >= 4 is 23.5 Å². The van der Waals surface area contributed by atoms with Crippen molar-refractivity contribution in [1.29, 1.82) is 10.5 Å². The first kappa shape index (κ1) is 17.7. The highest BCUT2D eigenvalue weighted by Gasteiger charge is 2.26. The van der Waals surface area contributed by atoms with Crippen LogP contribution in [0.3, 0.4) is 0 Å². The van der Waals surface area contributed by atoms with Crippen LogP contribution in [0.1, 0.15) is 40.5 Å². The summed E-state index contributed by atoms with van der Waals surface area (Å²) in [6.07, 6.45) is 10.0. The molecule has 0 aromatic rings. The van der Waals surface area contributed by atoms with Crippen LogP contribution in [0.4, 0.5) is 0 Å². The second-order valence-electron chi connectivity index (χ2n) is 6.52. The Morgan fingerprint density at radius 1 is 1.13 bits per heavy atom. The van der Waals surface area contributed by atoms with E-state index in [-0.39, 0.29) is 11.0 Å². The molecule has 23 heavy (non-hydrogen) atoms. The van der Waals surface area contributed by atoms with Gasteiger partial charge in [0.15, 0.2) is 0 Å². The summed E-state index contributed by atoms with van der Waals surface area (Å²) in [5.74, 6) is 0. The van der Waals surface area contributed by atoms with Crippen molar-refractivity contribution in [3.05, 3.63) is 55.1 Å². The molecule has 0 amide bonds. The van der Waals surface area contributed by atoms with Crippen LogP contribution in [0, 0.1) is 28.1 Å². The van der Waals surface area contributed by atoms with Crippen LogP contribution in [0.2, 0.25) is 0 Å². The maximum atomic E-state index is 9.11. The number of allylic oxidation sites excluding steroid dienone is 9. The monoisotopic (exact) mass is 340 g/mol. The molecule has 4 heteroatoms. The Morgan fingerprint density at radius 3 is 2.30 bits per heavy atom. The predicted molar refractivity (Wildman–Crippen MR) is 100 cm³/mol. The van der Waals surface area contributed by atoms with Crippen LogP contribution in [-0.4, -0.2) is 0 Å². The third-order valence-electron chi connectivity index (χ3n) is 3.80. The van der Waals surface area contributed by atoms with E-state index in [1.165, 1.54) is 19.6 Å². The summed E-state index contributed by atoms with van der Waals surface area (Å²) >= 11 is 3.62. The minimum absolute atomic E-state index is 0.0709.